The van der Waals surface area contributed by atoms with Crippen LogP contribution in [0.15, 0.2) is 53.3 Å². The minimum absolute atomic E-state index is 0.0993. The first kappa shape index (κ1) is 17.4. The first-order valence-corrected chi connectivity index (χ1v) is 9.30. The Morgan fingerprint density at radius 1 is 1.12 bits per heavy atom. The molecular weight excluding hydrogens is 332 g/mol. The molecule has 0 radical (unpaired) electrons. The Hall–Kier alpha value is -2.40. The van der Waals surface area contributed by atoms with Gasteiger partial charge in [-0.1, -0.05) is 56.6 Å². The second kappa shape index (κ2) is 7.23. The van der Waals surface area contributed by atoms with Gasteiger partial charge in [-0.15, -0.1) is 0 Å². The van der Waals surface area contributed by atoms with E-state index >= 15 is 0 Å². The van der Waals surface area contributed by atoms with Gasteiger partial charge in [-0.05, 0) is 42.2 Å². The van der Waals surface area contributed by atoms with Crippen molar-refractivity contribution in [3.8, 4) is 0 Å². The zero-order valence-corrected chi connectivity index (χ0v) is 15.5. The second-order valence-corrected chi connectivity index (χ2v) is 7.42. The van der Waals surface area contributed by atoms with Crippen LogP contribution in [0.2, 0.25) is 0 Å². The summed E-state index contributed by atoms with van der Waals surface area (Å²) < 4.78 is 2.49. The van der Waals surface area contributed by atoms with Crippen molar-refractivity contribution in [2.24, 2.45) is 0 Å². The maximum absolute atomic E-state index is 12.7. The van der Waals surface area contributed by atoms with Gasteiger partial charge in [0.2, 0.25) is 5.91 Å². The Labute approximate surface area is 151 Å². The average Bonchev–Trinajstić information content (AvgIpc) is 2.93. The van der Waals surface area contributed by atoms with E-state index in [0.717, 1.165) is 10.4 Å². The van der Waals surface area contributed by atoms with Crippen LogP contribution in [0.25, 0.3) is 10.1 Å². The largest absolute Gasteiger partial charge is 0.324 e. The first-order chi connectivity index (χ1) is 12.0. The highest BCUT2D eigenvalue weighted by molar-refractivity contribution is 7.14. The van der Waals surface area contributed by atoms with Crippen LogP contribution in [0.5, 0.6) is 0 Å². The van der Waals surface area contributed by atoms with Gasteiger partial charge < -0.3 is 5.32 Å². The molecule has 130 valence electrons. The molecule has 0 saturated carbocycles. The van der Waals surface area contributed by atoms with Crippen molar-refractivity contribution in [3.63, 3.8) is 0 Å². The van der Waals surface area contributed by atoms with Gasteiger partial charge in [0, 0.05) is 5.69 Å². The van der Waals surface area contributed by atoms with Crippen molar-refractivity contribution in [2.75, 3.05) is 5.32 Å². The van der Waals surface area contributed by atoms with Crippen LogP contribution < -0.4 is 10.9 Å². The lowest BCUT2D eigenvalue weighted by Gasteiger charge is -2.15. The third-order valence-corrected chi connectivity index (χ3v) is 5.50. The van der Waals surface area contributed by atoms with Crippen LogP contribution in [0.3, 0.4) is 0 Å². The van der Waals surface area contributed by atoms with Gasteiger partial charge >= 0.3 is 0 Å². The number of anilines is 1. The predicted octanol–water partition coefficient (Wildman–Crippen LogP) is 4.78. The molecule has 3 aromatic rings. The molecule has 5 heteroatoms. The Morgan fingerprint density at radius 3 is 2.40 bits per heavy atom. The Balaban J connectivity index is 1.85. The van der Waals surface area contributed by atoms with Crippen LogP contribution in [0, 0.1) is 0 Å². The summed E-state index contributed by atoms with van der Waals surface area (Å²) >= 11 is 1.35. The number of aromatic nitrogens is 1. The number of nitrogens with zero attached hydrogens (tertiary/aromatic N) is 1. The summed E-state index contributed by atoms with van der Waals surface area (Å²) in [5, 5.41) is 3.60. The third-order valence-electron chi connectivity index (χ3n) is 4.33. The van der Waals surface area contributed by atoms with Crippen molar-refractivity contribution < 1.29 is 4.79 Å². The molecule has 1 heterocycles. The van der Waals surface area contributed by atoms with Crippen molar-refractivity contribution in [1.82, 2.24) is 3.96 Å². The van der Waals surface area contributed by atoms with E-state index in [4.69, 9.17) is 0 Å². The highest BCUT2D eigenvalue weighted by atomic mass is 32.1. The monoisotopic (exact) mass is 354 g/mol. The molecule has 0 fully saturated rings. The number of carbonyl (C=O) groups excluding carboxylic acids is 1. The minimum atomic E-state index is -0.505. The third kappa shape index (κ3) is 3.51. The molecule has 3 rings (SSSR count). The van der Waals surface area contributed by atoms with E-state index in [0.29, 0.717) is 17.7 Å². The maximum atomic E-state index is 12.7. The molecule has 0 aliphatic rings. The summed E-state index contributed by atoms with van der Waals surface area (Å²) in [5.41, 5.74) is 1.88. The minimum Gasteiger partial charge on any atom is -0.324 e. The molecule has 0 spiro atoms. The molecule has 0 aliphatic heterocycles. The summed E-state index contributed by atoms with van der Waals surface area (Å²) in [6.07, 6.45) is 0.558. The number of hydrogen-bond donors (Lipinski definition) is 1. The lowest BCUT2D eigenvalue weighted by molar-refractivity contribution is -0.119. The zero-order valence-electron chi connectivity index (χ0n) is 14.7. The smallest absolute Gasteiger partial charge is 0.269 e. The predicted molar refractivity (Wildman–Crippen MR) is 105 cm³/mol. The van der Waals surface area contributed by atoms with Crippen LogP contribution in [-0.2, 0) is 4.79 Å². The van der Waals surface area contributed by atoms with E-state index in [1.807, 2.05) is 49.4 Å². The summed E-state index contributed by atoms with van der Waals surface area (Å²) in [6.45, 7) is 6.19. The molecular formula is C20H22N2O2S. The molecule has 1 amide bonds. The van der Waals surface area contributed by atoms with Gasteiger partial charge in [0.05, 0.1) is 10.1 Å². The molecule has 1 atom stereocenters. The van der Waals surface area contributed by atoms with E-state index in [1.165, 1.54) is 17.1 Å². The molecule has 0 saturated heterocycles. The van der Waals surface area contributed by atoms with Gasteiger partial charge in [-0.25, -0.2) is 0 Å². The molecule has 25 heavy (non-hydrogen) atoms. The molecule has 1 aromatic heterocycles. The van der Waals surface area contributed by atoms with E-state index < -0.39 is 6.04 Å². The van der Waals surface area contributed by atoms with Gasteiger partial charge in [-0.2, -0.15) is 0 Å². The van der Waals surface area contributed by atoms with E-state index in [-0.39, 0.29) is 11.5 Å². The number of amides is 1. The number of rotatable bonds is 5. The van der Waals surface area contributed by atoms with Gasteiger partial charge in [-0.3, -0.25) is 13.5 Å². The lowest BCUT2D eigenvalue weighted by Crippen LogP contribution is -2.29. The number of hydrogen-bond acceptors (Lipinski definition) is 3. The summed E-state index contributed by atoms with van der Waals surface area (Å²) in [7, 11) is 0. The van der Waals surface area contributed by atoms with Crippen molar-refractivity contribution in [1.29, 1.82) is 0 Å². The molecule has 0 aliphatic carbocycles. The first-order valence-electron chi connectivity index (χ1n) is 8.52. The van der Waals surface area contributed by atoms with Crippen LogP contribution >= 0.6 is 11.5 Å². The van der Waals surface area contributed by atoms with Gasteiger partial charge in [0.1, 0.15) is 6.04 Å². The normalized spacial score (nSPS) is 12.5. The van der Waals surface area contributed by atoms with Crippen molar-refractivity contribution >= 4 is 33.2 Å². The zero-order chi connectivity index (χ0) is 18.0. The fraction of sp³-hybridized carbons (Fsp3) is 0.300. The molecule has 0 bridgehead atoms. The Kier molecular flexibility index (Phi) is 5.04. The van der Waals surface area contributed by atoms with Crippen LogP contribution in [-0.4, -0.2) is 9.86 Å². The van der Waals surface area contributed by atoms with Crippen molar-refractivity contribution in [3.05, 3.63) is 64.4 Å². The number of carbonyl (C=O) groups is 1. The van der Waals surface area contributed by atoms with E-state index in [2.05, 4.69) is 19.2 Å². The highest BCUT2D eigenvalue weighted by Gasteiger charge is 2.22. The fourth-order valence-corrected chi connectivity index (χ4v) is 3.99. The number of nitrogens with one attached hydrogen (secondary N) is 1. The van der Waals surface area contributed by atoms with Crippen molar-refractivity contribution in [2.45, 2.75) is 39.2 Å². The average molecular weight is 354 g/mol. The van der Waals surface area contributed by atoms with Gasteiger partial charge in [0.15, 0.2) is 0 Å². The topological polar surface area (TPSA) is 51.1 Å². The van der Waals surface area contributed by atoms with E-state index in [9.17, 15) is 9.59 Å². The molecule has 4 nitrogen and oxygen atoms in total. The lowest BCUT2D eigenvalue weighted by atomic mass is 10.0. The maximum Gasteiger partial charge on any atom is 0.269 e. The summed E-state index contributed by atoms with van der Waals surface area (Å²) in [6, 6.07) is 14.8. The van der Waals surface area contributed by atoms with Crippen LogP contribution in [0.4, 0.5) is 5.69 Å². The second-order valence-electron chi connectivity index (χ2n) is 6.41. The molecule has 0 unspecified atom stereocenters. The van der Waals surface area contributed by atoms with Gasteiger partial charge in [0.25, 0.3) is 5.56 Å². The van der Waals surface area contributed by atoms with E-state index in [1.54, 1.807) is 10.0 Å². The number of benzene rings is 2. The highest BCUT2D eigenvalue weighted by Crippen LogP contribution is 2.23. The van der Waals surface area contributed by atoms with Crippen LogP contribution in [0.1, 0.15) is 44.7 Å². The fourth-order valence-electron chi connectivity index (χ4n) is 2.83. The quantitative estimate of drug-likeness (QED) is 0.717. The Bertz CT molecular complexity index is 938. The SMILES string of the molecule is CC[C@@H](C(=O)Nc1ccc(C(C)C)cc1)n1sc2ccccc2c1=O. The molecule has 1 N–H and O–H groups in total. The summed E-state index contributed by atoms with van der Waals surface area (Å²) in [4.78, 5) is 25.3. The molecule has 2 aromatic carbocycles. The standard InChI is InChI=1S/C20H22N2O2S/c1-4-17(22-20(24)16-7-5-6-8-18(16)25-22)19(23)21-15-11-9-14(10-12-15)13(2)3/h5-13,17H,4H2,1-3H3,(H,21,23)/t17-/m0/s1. The Morgan fingerprint density at radius 2 is 1.80 bits per heavy atom. The number of fused-ring (bicyclic) bond motifs is 1. The summed E-state index contributed by atoms with van der Waals surface area (Å²) in [5.74, 6) is 0.290.